The van der Waals surface area contributed by atoms with Gasteiger partial charge in [0, 0.05) is 5.56 Å². The van der Waals surface area contributed by atoms with Gasteiger partial charge in [-0.3, -0.25) is 14.5 Å². The van der Waals surface area contributed by atoms with E-state index >= 15 is 0 Å². The van der Waals surface area contributed by atoms with Crippen molar-refractivity contribution in [3.63, 3.8) is 0 Å². The number of anilines is 1. The molecule has 170 valence electrons. The molecule has 1 unspecified atom stereocenters. The fraction of sp³-hybridized carbons (Fsp3) is 0.115. The third-order valence-corrected chi connectivity index (χ3v) is 6.76. The topological polar surface area (TPSA) is 79.7 Å². The lowest BCUT2D eigenvalue weighted by molar-refractivity contribution is -0.132. The Bertz CT molecular complexity index is 1460. The molecule has 1 atom stereocenters. The second-order valence-electron chi connectivity index (χ2n) is 7.92. The van der Waals surface area contributed by atoms with E-state index in [0.29, 0.717) is 27.5 Å². The lowest BCUT2D eigenvalue weighted by atomic mass is 9.95. The number of ketones is 1. The third-order valence-electron chi connectivity index (χ3n) is 5.75. The Morgan fingerprint density at radius 1 is 1.06 bits per heavy atom. The molecule has 0 aliphatic carbocycles. The van der Waals surface area contributed by atoms with Gasteiger partial charge in [-0.1, -0.05) is 53.3 Å². The molecule has 8 heteroatoms. The summed E-state index contributed by atoms with van der Waals surface area (Å²) in [6, 6.07) is 16.8. The van der Waals surface area contributed by atoms with E-state index in [1.165, 1.54) is 40.5 Å². The Morgan fingerprint density at radius 3 is 2.44 bits per heavy atom. The number of aromatic nitrogens is 1. The van der Waals surface area contributed by atoms with E-state index < -0.39 is 23.5 Å². The van der Waals surface area contributed by atoms with Crippen LogP contribution in [0.15, 0.2) is 72.3 Å². The van der Waals surface area contributed by atoms with Crippen molar-refractivity contribution in [3.8, 4) is 5.75 Å². The predicted octanol–water partition coefficient (Wildman–Crippen LogP) is 5.38. The number of carbonyl (C=O) groups excluding carboxylic acids is 2. The van der Waals surface area contributed by atoms with Gasteiger partial charge >= 0.3 is 5.91 Å². The second kappa shape index (κ2) is 8.39. The van der Waals surface area contributed by atoms with Gasteiger partial charge in [-0.25, -0.2) is 9.37 Å². The van der Waals surface area contributed by atoms with Crippen molar-refractivity contribution in [3.05, 3.63) is 94.8 Å². The molecule has 1 aromatic heterocycles. The number of carbonyl (C=O) groups is 2. The first-order valence-electron chi connectivity index (χ1n) is 10.5. The van der Waals surface area contributed by atoms with E-state index in [-0.39, 0.29) is 11.3 Å². The van der Waals surface area contributed by atoms with Gasteiger partial charge in [0.25, 0.3) is 5.78 Å². The average molecular weight is 475 g/mol. The van der Waals surface area contributed by atoms with Crippen molar-refractivity contribution in [1.29, 1.82) is 0 Å². The molecule has 0 radical (unpaired) electrons. The normalized spacial score (nSPS) is 17.5. The van der Waals surface area contributed by atoms with Gasteiger partial charge in [-0.05, 0) is 42.8 Å². The quantitative estimate of drug-likeness (QED) is 0.244. The SMILES string of the molecule is COc1ccc2nc(N3C(=O)C(=O)C(=C(O)c4ccc(C)cc4)C3c3ccc(F)cc3)sc2c1. The van der Waals surface area contributed by atoms with E-state index in [9.17, 15) is 19.1 Å². The second-order valence-corrected chi connectivity index (χ2v) is 8.93. The number of Topliss-reactive ketones (excluding diaryl/α,β-unsaturated/α-hetero) is 1. The third kappa shape index (κ3) is 3.62. The zero-order valence-corrected chi connectivity index (χ0v) is 19.1. The molecular formula is C26H19FN2O4S. The van der Waals surface area contributed by atoms with Crippen LogP contribution in [0.25, 0.3) is 16.0 Å². The van der Waals surface area contributed by atoms with Gasteiger partial charge in [-0.2, -0.15) is 0 Å². The van der Waals surface area contributed by atoms with Crippen LogP contribution in [0.5, 0.6) is 5.75 Å². The summed E-state index contributed by atoms with van der Waals surface area (Å²) in [5.74, 6) is -1.75. The molecule has 0 spiro atoms. The van der Waals surface area contributed by atoms with Crippen LogP contribution in [0.2, 0.25) is 0 Å². The summed E-state index contributed by atoms with van der Waals surface area (Å²) in [5.41, 5.74) is 2.43. The maximum atomic E-state index is 13.7. The van der Waals surface area contributed by atoms with Crippen LogP contribution in [0, 0.1) is 12.7 Å². The van der Waals surface area contributed by atoms with Crippen molar-refractivity contribution >= 4 is 44.1 Å². The standard InChI is InChI=1S/C26H19FN2O4S/c1-14-3-5-16(6-4-14)23(30)21-22(15-7-9-17(27)10-8-15)29(25(32)24(21)31)26-28-19-12-11-18(33-2)13-20(19)34-26/h3-13,22,30H,1-2H3. The Labute approximate surface area is 198 Å². The van der Waals surface area contributed by atoms with Crippen LogP contribution >= 0.6 is 11.3 Å². The molecule has 4 aromatic rings. The summed E-state index contributed by atoms with van der Waals surface area (Å²) in [4.78, 5) is 32.3. The van der Waals surface area contributed by atoms with Crippen molar-refractivity contribution in [2.75, 3.05) is 12.0 Å². The highest BCUT2D eigenvalue weighted by Gasteiger charge is 2.48. The number of amides is 1. The summed E-state index contributed by atoms with van der Waals surface area (Å²) in [6.07, 6.45) is 0. The Morgan fingerprint density at radius 2 is 1.76 bits per heavy atom. The van der Waals surface area contributed by atoms with Crippen LogP contribution in [-0.2, 0) is 9.59 Å². The van der Waals surface area contributed by atoms with Crippen molar-refractivity contribution in [2.24, 2.45) is 0 Å². The molecule has 2 heterocycles. The van der Waals surface area contributed by atoms with Gasteiger partial charge in [0.1, 0.15) is 17.3 Å². The molecule has 5 rings (SSSR count). The number of halogens is 1. The largest absolute Gasteiger partial charge is 0.507 e. The van der Waals surface area contributed by atoms with Crippen molar-refractivity contribution in [1.82, 2.24) is 4.98 Å². The fourth-order valence-corrected chi connectivity index (χ4v) is 5.00. The lowest BCUT2D eigenvalue weighted by Crippen LogP contribution is -2.29. The highest BCUT2D eigenvalue weighted by atomic mass is 32.1. The number of rotatable bonds is 4. The molecule has 1 fully saturated rings. The van der Waals surface area contributed by atoms with Gasteiger partial charge < -0.3 is 9.84 Å². The van der Waals surface area contributed by atoms with E-state index in [1.807, 2.05) is 6.92 Å². The molecule has 0 bridgehead atoms. The van der Waals surface area contributed by atoms with Crippen LogP contribution in [0.3, 0.4) is 0 Å². The summed E-state index contributed by atoms with van der Waals surface area (Å²) in [7, 11) is 1.56. The Hall–Kier alpha value is -4.04. The maximum absolute atomic E-state index is 13.7. The minimum absolute atomic E-state index is 0.0719. The number of ether oxygens (including phenoxy) is 1. The van der Waals surface area contributed by atoms with Crippen molar-refractivity contribution < 1.29 is 23.8 Å². The maximum Gasteiger partial charge on any atom is 0.301 e. The number of aliphatic hydroxyl groups excluding tert-OH is 1. The number of methoxy groups -OCH3 is 1. The number of hydrogen-bond acceptors (Lipinski definition) is 6. The zero-order chi connectivity index (χ0) is 24.0. The Kier molecular flexibility index (Phi) is 5.37. The van der Waals surface area contributed by atoms with Crippen molar-refractivity contribution in [2.45, 2.75) is 13.0 Å². The highest BCUT2D eigenvalue weighted by Crippen LogP contribution is 2.44. The van der Waals surface area contributed by atoms with E-state index in [4.69, 9.17) is 4.74 Å². The number of aliphatic hydroxyl groups is 1. The molecule has 6 nitrogen and oxygen atoms in total. The molecule has 1 aliphatic heterocycles. The van der Waals surface area contributed by atoms with Crippen LogP contribution in [0.1, 0.15) is 22.7 Å². The predicted molar refractivity (Wildman–Crippen MR) is 129 cm³/mol. The minimum Gasteiger partial charge on any atom is -0.507 e. The zero-order valence-electron chi connectivity index (χ0n) is 18.3. The van der Waals surface area contributed by atoms with E-state index in [1.54, 1.807) is 49.6 Å². The molecule has 1 amide bonds. The molecule has 34 heavy (non-hydrogen) atoms. The number of nitrogens with zero attached hydrogens (tertiary/aromatic N) is 2. The minimum atomic E-state index is -0.968. The first kappa shape index (κ1) is 21.8. The summed E-state index contributed by atoms with van der Waals surface area (Å²) < 4.78 is 19.7. The molecule has 1 aliphatic rings. The smallest absolute Gasteiger partial charge is 0.301 e. The summed E-state index contributed by atoms with van der Waals surface area (Å²) >= 11 is 1.23. The average Bonchev–Trinajstić information content (AvgIpc) is 3.37. The molecule has 0 saturated carbocycles. The molecule has 1 saturated heterocycles. The van der Waals surface area contributed by atoms with Crippen LogP contribution < -0.4 is 9.64 Å². The first-order valence-corrected chi connectivity index (χ1v) is 11.3. The molecule has 1 N–H and O–H groups in total. The number of benzene rings is 3. The summed E-state index contributed by atoms with van der Waals surface area (Å²) in [5, 5.41) is 11.4. The Balaban J connectivity index is 1.71. The van der Waals surface area contributed by atoms with Gasteiger partial charge in [0.05, 0.1) is 28.9 Å². The first-order chi connectivity index (χ1) is 16.4. The lowest BCUT2D eigenvalue weighted by Gasteiger charge is -2.23. The monoisotopic (exact) mass is 474 g/mol. The van der Waals surface area contributed by atoms with E-state index in [2.05, 4.69) is 4.98 Å². The van der Waals surface area contributed by atoms with Gasteiger partial charge in [0.2, 0.25) is 0 Å². The van der Waals surface area contributed by atoms with Crippen LogP contribution in [-0.4, -0.2) is 28.9 Å². The van der Waals surface area contributed by atoms with Gasteiger partial charge in [-0.15, -0.1) is 0 Å². The number of fused-ring (bicyclic) bond motifs is 1. The van der Waals surface area contributed by atoms with Crippen LogP contribution in [0.4, 0.5) is 9.52 Å². The number of thiazole rings is 1. The summed E-state index contributed by atoms with van der Waals surface area (Å²) in [6.45, 7) is 1.91. The fourth-order valence-electron chi connectivity index (χ4n) is 3.98. The van der Waals surface area contributed by atoms with E-state index in [0.717, 1.165) is 10.3 Å². The number of aryl methyl sites for hydroxylation is 1. The molecule has 3 aromatic carbocycles. The van der Waals surface area contributed by atoms with Gasteiger partial charge in [0.15, 0.2) is 5.13 Å². The number of hydrogen-bond donors (Lipinski definition) is 1. The highest BCUT2D eigenvalue weighted by molar-refractivity contribution is 7.22. The molecular weight excluding hydrogens is 455 g/mol.